The van der Waals surface area contributed by atoms with Crippen molar-refractivity contribution in [1.29, 1.82) is 0 Å². The van der Waals surface area contributed by atoms with Gasteiger partial charge in [0.1, 0.15) is 0 Å². The summed E-state index contributed by atoms with van der Waals surface area (Å²) in [5.41, 5.74) is 6.59. The number of piperidine rings is 1. The molecule has 0 bridgehead atoms. The monoisotopic (exact) mass is 635 g/mol. The number of likely N-dealkylation sites (tertiary alicyclic amines) is 1. The van der Waals surface area contributed by atoms with Gasteiger partial charge in [0.15, 0.2) is 12.1 Å². The second-order valence-electron chi connectivity index (χ2n) is 12.5. The lowest BCUT2D eigenvalue weighted by Gasteiger charge is -2.41. The van der Waals surface area contributed by atoms with Crippen molar-refractivity contribution in [2.24, 2.45) is 0 Å². The van der Waals surface area contributed by atoms with Crippen molar-refractivity contribution in [3.8, 4) is 11.1 Å². The highest BCUT2D eigenvalue weighted by atomic mass is 16.7. The topological polar surface area (TPSA) is 102 Å². The minimum Gasteiger partial charge on any atom is -0.392 e. The first-order valence-electron chi connectivity index (χ1n) is 16.4. The highest BCUT2D eigenvalue weighted by Crippen LogP contribution is 2.39. The Bertz CT molecular complexity index is 1620. The molecule has 0 radical (unpaired) electrons. The minimum atomic E-state index is -0.517. The lowest BCUT2D eigenvalue weighted by Crippen LogP contribution is -2.48. The quantitative estimate of drug-likeness (QED) is 0.247. The number of carbonyl (C=O) groups excluding carboxylic acids is 1. The average Bonchev–Trinajstić information content (AvgIpc) is 3.60. The van der Waals surface area contributed by atoms with E-state index in [1.807, 2.05) is 36.4 Å². The highest BCUT2D eigenvalue weighted by molar-refractivity contribution is 5.93. The summed E-state index contributed by atoms with van der Waals surface area (Å²) in [6.45, 7) is 4.41. The van der Waals surface area contributed by atoms with Gasteiger partial charge in [0.05, 0.1) is 37.6 Å². The third kappa shape index (κ3) is 7.62. The van der Waals surface area contributed by atoms with Crippen molar-refractivity contribution in [3.63, 3.8) is 0 Å². The number of aliphatic hydroxyl groups is 1. The van der Waals surface area contributed by atoms with Crippen LogP contribution in [0.25, 0.3) is 11.1 Å². The summed E-state index contributed by atoms with van der Waals surface area (Å²) in [6.07, 6.45) is 5.02. The van der Waals surface area contributed by atoms with Crippen LogP contribution in [-0.4, -0.2) is 65.6 Å². The molecule has 9 nitrogen and oxygen atoms in total. The molecule has 4 heterocycles. The molecule has 0 aliphatic carbocycles. The first-order valence-corrected chi connectivity index (χ1v) is 16.4. The molecule has 3 fully saturated rings. The van der Waals surface area contributed by atoms with Gasteiger partial charge in [-0.2, -0.15) is 0 Å². The number of nitrogens with zero attached hydrogens (tertiary/aromatic N) is 2. The SMILES string of the molecule is O=C(NCc1cccc(-c2ccc([C@H]3O[C@@H](CN4CCC5(CC4)OCCO5)C[C@@H](c4ccc(CO)cc4)O3)cc2)c1)c1cccnc1. The van der Waals surface area contributed by atoms with Crippen LogP contribution >= 0.6 is 0 Å². The Labute approximate surface area is 275 Å². The highest BCUT2D eigenvalue weighted by Gasteiger charge is 2.41. The molecule has 2 N–H and O–H groups in total. The first-order chi connectivity index (χ1) is 23.1. The van der Waals surface area contributed by atoms with Crippen molar-refractivity contribution in [2.45, 2.75) is 56.7 Å². The number of aliphatic hydroxyl groups excluding tert-OH is 1. The summed E-state index contributed by atoms with van der Waals surface area (Å²) < 4.78 is 25.1. The largest absolute Gasteiger partial charge is 0.392 e. The zero-order chi connectivity index (χ0) is 32.1. The second kappa shape index (κ2) is 14.4. The van der Waals surface area contributed by atoms with Crippen molar-refractivity contribution in [1.82, 2.24) is 15.2 Å². The smallest absolute Gasteiger partial charge is 0.253 e. The Morgan fingerprint density at radius 3 is 2.36 bits per heavy atom. The molecule has 1 amide bonds. The fourth-order valence-corrected chi connectivity index (χ4v) is 6.66. The van der Waals surface area contributed by atoms with Crippen LogP contribution in [0.2, 0.25) is 0 Å². The summed E-state index contributed by atoms with van der Waals surface area (Å²) in [4.78, 5) is 19.0. The minimum absolute atomic E-state index is 0.0132. The van der Waals surface area contributed by atoms with E-state index >= 15 is 0 Å². The van der Waals surface area contributed by atoms with E-state index in [-0.39, 0.29) is 24.7 Å². The fraction of sp³-hybridized carbons (Fsp3) is 0.368. The zero-order valence-corrected chi connectivity index (χ0v) is 26.4. The molecule has 7 rings (SSSR count). The number of benzene rings is 3. The molecule has 9 heteroatoms. The van der Waals surface area contributed by atoms with Gasteiger partial charge in [-0.1, -0.05) is 66.7 Å². The van der Waals surface area contributed by atoms with E-state index < -0.39 is 12.1 Å². The lowest BCUT2D eigenvalue weighted by atomic mass is 9.98. The number of hydrogen-bond acceptors (Lipinski definition) is 8. The molecule has 1 aromatic heterocycles. The van der Waals surface area contributed by atoms with E-state index in [0.717, 1.165) is 72.3 Å². The van der Waals surface area contributed by atoms with Crippen LogP contribution in [-0.2, 0) is 32.1 Å². The number of amides is 1. The Kier molecular flexibility index (Phi) is 9.71. The molecule has 0 unspecified atom stereocenters. The third-order valence-electron chi connectivity index (χ3n) is 9.33. The van der Waals surface area contributed by atoms with Crippen LogP contribution in [0.4, 0.5) is 0 Å². The van der Waals surface area contributed by atoms with Gasteiger partial charge < -0.3 is 34.3 Å². The standard InChI is InChI=1S/C38H41N3O6/c42-26-27-6-8-30(9-7-27)35-22-34(25-41-17-14-38(15-18-41)44-19-20-45-38)46-37(47-35)31-12-10-29(11-13-31)32-4-1-3-28(21-32)23-40-36(43)33-5-2-16-39-24-33/h1-13,16,21,24,34-35,37,42H,14-15,17-20,22-23,25-26H2,(H,40,43)/t34-,35+,37+/m1/s1. The number of carbonyl (C=O) groups is 1. The molecule has 0 saturated carbocycles. The van der Waals surface area contributed by atoms with E-state index in [1.165, 1.54) is 0 Å². The summed E-state index contributed by atoms with van der Waals surface area (Å²) in [5.74, 6) is -0.552. The Balaban J connectivity index is 1.03. The number of hydrogen-bond donors (Lipinski definition) is 2. The maximum atomic E-state index is 12.5. The molecule has 3 saturated heterocycles. The Morgan fingerprint density at radius 1 is 0.872 bits per heavy atom. The summed E-state index contributed by atoms with van der Waals surface area (Å²) in [5, 5.41) is 12.5. The van der Waals surface area contributed by atoms with Gasteiger partial charge in [0.2, 0.25) is 0 Å². The van der Waals surface area contributed by atoms with Crippen LogP contribution < -0.4 is 5.32 Å². The van der Waals surface area contributed by atoms with Crippen molar-refractivity contribution in [2.75, 3.05) is 32.8 Å². The van der Waals surface area contributed by atoms with E-state index in [4.69, 9.17) is 18.9 Å². The predicted molar refractivity (Wildman–Crippen MR) is 176 cm³/mol. The van der Waals surface area contributed by atoms with Crippen LogP contribution in [0.1, 0.15) is 64.3 Å². The van der Waals surface area contributed by atoms with Gasteiger partial charge in [-0.3, -0.25) is 9.78 Å². The molecule has 4 aromatic rings. The number of pyridine rings is 1. The average molecular weight is 636 g/mol. The first kappa shape index (κ1) is 31.6. The number of nitrogens with one attached hydrogen (secondary N) is 1. The molecule has 3 atom stereocenters. The number of aromatic nitrogens is 1. The van der Waals surface area contributed by atoms with Gasteiger partial charge in [0, 0.05) is 63.4 Å². The lowest BCUT2D eigenvalue weighted by molar-refractivity contribution is -0.255. The van der Waals surface area contributed by atoms with Gasteiger partial charge in [-0.15, -0.1) is 0 Å². The Hall–Kier alpha value is -3.96. The normalized spacial score (nSPS) is 22.7. The molecule has 3 aromatic carbocycles. The zero-order valence-electron chi connectivity index (χ0n) is 26.4. The van der Waals surface area contributed by atoms with Crippen LogP contribution in [0.15, 0.2) is 97.3 Å². The number of ether oxygens (including phenoxy) is 4. The second-order valence-corrected chi connectivity index (χ2v) is 12.5. The predicted octanol–water partition coefficient (Wildman–Crippen LogP) is 5.56. The third-order valence-corrected chi connectivity index (χ3v) is 9.33. The van der Waals surface area contributed by atoms with Crippen molar-refractivity contribution >= 4 is 5.91 Å². The van der Waals surface area contributed by atoms with Crippen LogP contribution in [0.5, 0.6) is 0 Å². The van der Waals surface area contributed by atoms with Crippen molar-refractivity contribution in [3.05, 3.63) is 125 Å². The number of rotatable bonds is 9. The van der Waals surface area contributed by atoms with Crippen LogP contribution in [0, 0.1) is 0 Å². The molecule has 3 aliphatic heterocycles. The van der Waals surface area contributed by atoms with Crippen LogP contribution in [0.3, 0.4) is 0 Å². The van der Waals surface area contributed by atoms with E-state index in [0.29, 0.717) is 25.3 Å². The molecule has 47 heavy (non-hydrogen) atoms. The molecule has 3 aliphatic rings. The van der Waals surface area contributed by atoms with Gasteiger partial charge in [0.25, 0.3) is 5.91 Å². The van der Waals surface area contributed by atoms with Gasteiger partial charge >= 0.3 is 0 Å². The summed E-state index contributed by atoms with van der Waals surface area (Å²) >= 11 is 0. The van der Waals surface area contributed by atoms with E-state index in [2.05, 4.69) is 51.6 Å². The van der Waals surface area contributed by atoms with Gasteiger partial charge in [-0.05, 0) is 46.0 Å². The van der Waals surface area contributed by atoms with E-state index in [9.17, 15) is 9.90 Å². The molecular weight excluding hydrogens is 594 g/mol. The maximum Gasteiger partial charge on any atom is 0.253 e. The van der Waals surface area contributed by atoms with E-state index in [1.54, 1.807) is 24.5 Å². The Morgan fingerprint density at radius 2 is 1.64 bits per heavy atom. The summed E-state index contributed by atoms with van der Waals surface area (Å²) in [7, 11) is 0. The molecule has 244 valence electrons. The molecule has 1 spiro atoms. The summed E-state index contributed by atoms with van der Waals surface area (Å²) in [6, 6.07) is 28.0. The maximum absolute atomic E-state index is 12.5. The fourth-order valence-electron chi connectivity index (χ4n) is 6.66. The van der Waals surface area contributed by atoms with Gasteiger partial charge in [-0.25, -0.2) is 0 Å². The molecular formula is C38H41N3O6. The van der Waals surface area contributed by atoms with Crippen molar-refractivity contribution < 1.29 is 28.8 Å².